The lowest BCUT2D eigenvalue weighted by molar-refractivity contribution is 0.185. The topological polar surface area (TPSA) is 15.3 Å². The van der Waals surface area contributed by atoms with Crippen molar-refractivity contribution in [1.82, 2.24) is 10.2 Å². The van der Waals surface area contributed by atoms with E-state index in [1.807, 2.05) is 6.07 Å². The Labute approximate surface area is 100 Å². The number of hydrogen-bond acceptors (Lipinski definition) is 2. The Kier molecular flexibility index (Phi) is 3.79. The molecule has 88 valence electrons. The van der Waals surface area contributed by atoms with Gasteiger partial charge in [-0.15, -0.1) is 0 Å². The van der Waals surface area contributed by atoms with Crippen LogP contribution in [0, 0.1) is 5.82 Å². The standard InChI is InChI=1S/C12H16ClFN2/c1-9(16-7-5-15-6-8-16)10-3-2-4-11(14)12(10)13/h2-4,9,15H,5-8H2,1H3/t9-/m1/s1. The Bertz CT molecular complexity index is 364. The lowest BCUT2D eigenvalue weighted by Crippen LogP contribution is -2.44. The second-order valence-corrected chi connectivity index (χ2v) is 4.48. The number of nitrogens with one attached hydrogen (secondary N) is 1. The molecule has 1 heterocycles. The average Bonchev–Trinajstić information content (AvgIpc) is 2.33. The summed E-state index contributed by atoms with van der Waals surface area (Å²) in [5, 5.41) is 3.56. The molecular weight excluding hydrogens is 227 g/mol. The van der Waals surface area contributed by atoms with Crippen LogP contribution in [0.3, 0.4) is 0 Å². The van der Waals surface area contributed by atoms with Crippen LogP contribution in [0.2, 0.25) is 5.02 Å². The van der Waals surface area contributed by atoms with Gasteiger partial charge in [-0.3, -0.25) is 4.90 Å². The summed E-state index contributed by atoms with van der Waals surface area (Å²) in [7, 11) is 0. The molecule has 0 amide bonds. The number of hydrogen-bond donors (Lipinski definition) is 1. The van der Waals surface area contributed by atoms with E-state index in [1.54, 1.807) is 6.07 Å². The molecule has 0 bridgehead atoms. The van der Waals surface area contributed by atoms with Crippen molar-refractivity contribution in [3.05, 3.63) is 34.6 Å². The Hall–Kier alpha value is -0.640. The first-order valence-corrected chi connectivity index (χ1v) is 5.96. The molecule has 16 heavy (non-hydrogen) atoms. The minimum atomic E-state index is -0.332. The average molecular weight is 243 g/mol. The van der Waals surface area contributed by atoms with E-state index in [1.165, 1.54) is 6.07 Å². The van der Waals surface area contributed by atoms with E-state index in [-0.39, 0.29) is 16.9 Å². The molecule has 1 aliphatic heterocycles. The fourth-order valence-corrected chi connectivity index (χ4v) is 2.39. The molecule has 1 fully saturated rings. The van der Waals surface area contributed by atoms with Crippen LogP contribution in [0.4, 0.5) is 4.39 Å². The van der Waals surface area contributed by atoms with Crippen LogP contribution in [0.15, 0.2) is 18.2 Å². The van der Waals surface area contributed by atoms with E-state index in [2.05, 4.69) is 17.1 Å². The summed E-state index contributed by atoms with van der Waals surface area (Å²) in [4.78, 5) is 2.32. The van der Waals surface area contributed by atoms with Crippen molar-refractivity contribution in [2.24, 2.45) is 0 Å². The molecule has 1 aromatic carbocycles. The SMILES string of the molecule is C[C@H](c1cccc(F)c1Cl)N1CCNCC1. The molecule has 1 saturated heterocycles. The fraction of sp³-hybridized carbons (Fsp3) is 0.500. The zero-order chi connectivity index (χ0) is 11.5. The summed E-state index contributed by atoms with van der Waals surface area (Å²) in [5.41, 5.74) is 0.878. The van der Waals surface area contributed by atoms with E-state index in [9.17, 15) is 4.39 Å². The van der Waals surface area contributed by atoms with Crippen LogP contribution in [-0.2, 0) is 0 Å². The summed E-state index contributed by atoms with van der Waals surface area (Å²) < 4.78 is 13.3. The third kappa shape index (κ3) is 2.37. The largest absolute Gasteiger partial charge is 0.314 e. The Balaban J connectivity index is 2.19. The molecule has 0 saturated carbocycles. The van der Waals surface area contributed by atoms with Crippen molar-refractivity contribution in [1.29, 1.82) is 0 Å². The van der Waals surface area contributed by atoms with Crippen LogP contribution < -0.4 is 5.32 Å². The highest BCUT2D eigenvalue weighted by Crippen LogP contribution is 2.29. The molecular formula is C12H16ClFN2. The first kappa shape index (κ1) is 11.8. The predicted molar refractivity (Wildman–Crippen MR) is 64.3 cm³/mol. The quantitative estimate of drug-likeness (QED) is 0.857. The fourth-order valence-electron chi connectivity index (χ4n) is 2.11. The molecule has 1 atom stereocenters. The molecule has 1 aliphatic rings. The third-order valence-corrected chi connectivity index (χ3v) is 3.53. The van der Waals surface area contributed by atoms with Crippen LogP contribution in [0.5, 0.6) is 0 Å². The molecule has 1 N–H and O–H groups in total. The summed E-state index contributed by atoms with van der Waals surface area (Å²) in [5.74, 6) is -0.332. The normalized spacial score (nSPS) is 19.7. The van der Waals surface area contributed by atoms with Crippen molar-refractivity contribution in [2.45, 2.75) is 13.0 Å². The highest BCUT2D eigenvalue weighted by molar-refractivity contribution is 6.31. The van der Waals surface area contributed by atoms with Crippen molar-refractivity contribution in [3.8, 4) is 0 Å². The zero-order valence-electron chi connectivity index (χ0n) is 9.34. The van der Waals surface area contributed by atoms with Crippen LogP contribution in [0.25, 0.3) is 0 Å². The molecule has 4 heteroatoms. The van der Waals surface area contributed by atoms with Gasteiger partial charge in [0.2, 0.25) is 0 Å². The zero-order valence-corrected chi connectivity index (χ0v) is 10.1. The third-order valence-electron chi connectivity index (χ3n) is 3.13. The minimum absolute atomic E-state index is 0.172. The maximum absolute atomic E-state index is 13.3. The van der Waals surface area contributed by atoms with Gasteiger partial charge < -0.3 is 5.32 Å². The molecule has 0 aliphatic carbocycles. The van der Waals surface area contributed by atoms with Gasteiger partial charge in [-0.25, -0.2) is 4.39 Å². The second-order valence-electron chi connectivity index (χ2n) is 4.10. The Morgan fingerprint density at radius 3 is 2.75 bits per heavy atom. The van der Waals surface area contributed by atoms with Gasteiger partial charge in [0, 0.05) is 32.2 Å². The van der Waals surface area contributed by atoms with Gasteiger partial charge in [0.1, 0.15) is 5.82 Å². The molecule has 2 rings (SSSR count). The van der Waals surface area contributed by atoms with Gasteiger partial charge in [0.25, 0.3) is 0 Å². The van der Waals surface area contributed by atoms with Gasteiger partial charge in [-0.1, -0.05) is 23.7 Å². The van der Waals surface area contributed by atoms with Crippen molar-refractivity contribution in [2.75, 3.05) is 26.2 Å². The highest BCUT2D eigenvalue weighted by atomic mass is 35.5. The van der Waals surface area contributed by atoms with Gasteiger partial charge in [-0.2, -0.15) is 0 Å². The van der Waals surface area contributed by atoms with Gasteiger partial charge >= 0.3 is 0 Å². The van der Waals surface area contributed by atoms with E-state index in [4.69, 9.17) is 11.6 Å². The summed E-state index contributed by atoms with van der Waals surface area (Å²) in [6.07, 6.45) is 0. The summed E-state index contributed by atoms with van der Waals surface area (Å²) >= 11 is 5.99. The van der Waals surface area contributed by atoms with Crippen molar-refractivity contribution < 1.29 is 4.39 Å². The van der Waals surface area contributed by atoms with Gasteiger partial charge in [0.05, 0.1) is 5.02 Å². The number of halogens is 2. The lowest BCUT2D eigenvalue weighted by atomic mass is 10.1. The number of nitrogens with zero attached hydrogens (tertiary/aromatic N) is 1. The first-order valence-electron chi connectivity index (χ1n) is 5.59. The van der Waals surface area contributed by atoms with Gasteiger partial charge in [-0.05, 0) is 18.6 Å². The Morgan fingerprint density at radius 1 is 1.38 bits per heavy atom. The van der Waals surface area contributed by atoms with Gasteiger partial charge in [0.15, 0.2) is 0 Å². The number of rotatable bonds is 2. The highest BCUT2D eigenvalue weighted by Gasteiger charge is 2.20. The van der Waals surface area contributed by atoms with E-state index >= 15 is 0 Å². The molecule has 0 aromatic heterocycles. The number of benzene rings is 1. The van der Waals surface area contributed by atoms with E-state index in [0.717, 1.165) is 31.7 Å². The molecule has 0 radical (unpaired) electrons. The first-order chi connectivity index (χ1) is 7.70. The molecule has 0 spiro atoms. The monoisotopic (exact) mass is 242 g/mol. The molecule has 0 unspecified atom stereocenters. The van der Waals surface area contributed by atoms with E-state index < -0.39 is 0 Å². The van der Waals surface area contributed by atoms with Crippen molar-refractivity contribution >= 4 is 11.6 Å². The molecule has 1 aromatic rings. The Morgan fingerprint density at radius 2 is 2.06 bits per heavy atom. The van der Waals surface area contributed by atoms with Crippen LogP contribution in [-0.4, -0.2) is 31.1 Å². The summed E-state index contributed by atoms with van der Waals surface area (Å²) in [6.45, 7) is 6.00. The summed E-state index contributed by atoms with van der Waals surface area (Å²) in [6, 6.07) is 5.19. The smallest absolute Gasteiger partial charge is 0.142 e. The maximum Gasteiger partial charge on any atom is 0.142 e. The van der Waals surface area contributed by atoms with E-state index in [0.29, 0.717) is 0 Å². The lowest BCUT2D eigenvalue weighted by Gasteiger charge is -2.33. The molecule has 2 nitrogen and oxygen atoms in total. The minimum Gasteiger partial charge on any atom is -0.314 e. The van der Waals surface area contributed by atoms with Crippen LogP contribution >= 0.6 is 11.6 Å². The van der Waals surface area contributed by atoms with Crippen LogP contribution in [0.1, 0.15) is 18.5 Å². The second kappa shape index (κ2) is 5.13. The maximum atomic E-state index is 13.3. The predicted octanol–water partition coefficient (Wildman–Crippen LogP) is 2.45. The number of piperazine rings is 1. The van der Waals surface area contributed by atoms with Crippen molar-refractivity contribution in [3.63, 3.8) is 0 Å².